The fourth-order valence-corrected chi connectivity index (χ4v) is 9.14. The van der Waals surface area contributed by atoms with E-state index in [-0.39, 0.29) is 0 Å². The molecule has 4 rings (SSSR count). The summed E-state index contributed by atoms with van der Waals surface area (Å²) in [6.45, 7) is 9.48. The highest BCUT2D eigenvalue weighted by atomic mass is 32.2. The van der Waals surface area contributed by atoms with Crippen LogP contribution >= 0.6 is 11.8 Å². The lowest BCUT2D eigenvalue weighted by Crippen LogP contribution is -2.52. The largest absolute Gasteiger partial charge is 0.158 e. The lowest BCUT2D eigenvalue weighted by Gasteiger charge is -2.60. The highest BCUT2D eigenvalue weighted by molar-refractivity contribution is 7.99. The zero-order valence-electron chi connectivity index (χ0n) is 17.6. The van der Waals surface area contributed by atoms with Gasteiger partial charge in [-0.05, 0) is 111 Å². The average Bonchev–Trinajstić information content (AvgIpc) is 2.98. The van der Waals surface area contributed by atoms with Crippen LogP contribution in [0.1, 0.15) is 90.9 Å². The Morgan fingerprint density at radius 2 is 1.77 bits per heavy atom. The van der Waals surface area contributed by atoms with Gasteiger partial charge in [-0.1, -0.05) is 32.8 Å². The van der Waals surface area contributed by atoms with Crippen molar-refractivity contribution in [2.45, 2.75) is 96.1 Å². The molecular formula is C25H42S. The van der Waals surface area contributed by atoms with Gasteiger partial charge in [0.1, 0.15) is 0 Å². The number of fused-ring (bicyclic) bond motifs is 5. The third-order valence-corrected chi connectivity index (χ3v) is 11.2. The number of rotatable bonds is 5. The van der Waals surface area contributed by atoms with Gasteiger partial charge in [-0.3, -0.25) is 0 Å². The maximum absolute atomic E-state index is 4.05. The van der Waals surface area contributed by atoms with Crippen LogP contribution in [0.15, 0.2) is 12.7 Å². The first-order chi connectivity index (χ1) is 12.5. The van der Waals surface area contributed by atoms with Crippen LogP contribution in [0.2, 0.25) is 0 Å². The second kappa shape index (κ2) is 7.49. The van der Waals surface area contributed by atoms with Crippen LogP contribution in [-0.2, 0) is 0 Å². The third-order valence-electron chi connectivity index (χ3n) is 10.1. The topological polar surface area (TPSA) is 0 Å². The summed E-state index contributed by atoms with van der Waals surface area (Å²) >= 11 is 1.99. The van der Waals surface area contributed by atoms with Crippen LogP contribution in [-0.4, -0.2) is 11.5 Å². The summed E-state index contributed by atoms with van der Waals surface area (Å²) in [7, 11) is 0. The highest BCUT2D eigenvalue weighted by Gasteiger charge is 2.59. The molecule has 4 aliphatic rings. The van der Waals surface area contributed by atoms with Gasteiger partial charge < -0.3 is 0 Å². The Bertz CT molecular complexity index is 512. The summed E-state index contributed by atoms with van der Waals surface area (Å²) in [5.41, 5.74) is 1.36. The predicted molar refractivity (Wildman–Crippen MR) is 117 cm³/mol. The molecular weight excluding hydrogens is 332 g/mol. The average molecular weight is 375 g/mol. The normalized spacial score (nSPS) is 49.0. The van der Waals surface area contributed by atoms with Crippen LogP contribution in [0.5, 0.6) is 0 Å². The lowest BCUT2D eigenvalue weighted by molar-refractivity contribution is -0.111. The van der Waals surface area contributed by atoms with Gasteiger partial charge in [0.05, 0.1) is 0 Å². The standard InChI is InChI=1S/C25H42S/c1-5-20(26-4)12-9-19-11-14-22-21-13-10-18-8-6-7-16-24(18,2)23(21)15-17-25(19,22)3/h5,18-23H,1,6-17H2,2-4H3. The molecule has 1 heteroatoms. The first-order valence-corrected chi connectivity index (χ1v) is 13.0. The van der Waals surface area contributed by atoms with Gasteiger partial charge in [-0.15, -0.1) is 6.58 Å². The summed E-state index contributed by atoms with van der Waals surface area (Å²) in [5, 5.41) is 0.672. The molecule has 4 aliphatic carbocycles. The van der Waals surface area contributed by atoms with Crippen molar-refractivity contribution in [3.8, 4) is 0 Å². The summed E-state index contributed by atoms with van der Waals surface area (Å²) in [4.78, 5) is 0. The molecule has 0 heterocycles. The number of hydrogen-bond donors (Lipinski definition) is 0. The van der Waals surface area contributed by atoms with E-state index < -0.39 is 0 Å². The fourth-order valence-electron chi connectivity index (χ4n) is 8.58. The summed E-state index contributed by atoms with van der Waals surface area (Å²) in [5.74, 6) is 5.22. The quantitative estimate of drug-likeness (QED) is 0.443. The van der Waals surface area contributed by atoms with Crippen molar-refractivity contribution < 1.29 is 0 Å². The van der Waals surface area contributed by atoms with E-state index in [1.54, 1.807) is 38.5 Å². The lowest BCUT2D eigenvalue weighted by atomic mass is 9.45. The molecule has 0 spiro atoms. The van der Waals surface area contributed by atoms with Crippen LogP contribution in [0.25, 0.3) is 0 Å². The van der Waals surface area contributed by atoms with Crippen LogP contribution in [0.3, 0.4) is 0 Å². The second-order valence-corrected chi connectivity index (χ2v) is 11.9. The monoisotopic (exact) mass is 374 g/mol. The van der Waals surface area contributed by atoms with Crippen molar-refractivity contribution >= 4 is 11.8 Å². The highest BCUT2D eigenvalue weighted by Crippen LogP contribution is 2.67. The Labute approximate surface area is 167 Å². The zero-order chi connectivity index (χ0) is 18.4. The van der Waals surface area contributed by atoms with Gasteiger partial charge in [-0.2, -0.15) is 11.8 Å². The SMILES string of the molecule is C=CC(CCC1CCC2C3CCC4CCCCC4(C)C3CCC12C)SC. The minimum Gasteiger partial charge on any atom is -0.158 e. The molecule has 0 aromatic carbocycles. The van der Waals surface area contributed by atoms with Gasteiger partial charge in [0, 0.05) is 5.25 Å². The first-order valence-electron chi connectivity index (χ1n) is 11.7. The Morgan fingerprint density at radius 1 is 0.962 bits per heavy atom. The van der Waals surface area contributed by atoms with Crippen molar-refractivity contribution in [2.75, 3.05) is 6.26 Å². The molecule has 0 aromatic heterocycles. The molecule has 0 radical (unpaired) electrons. The van der Waals surface area contributed by atoms with Gasteiger partial charge in [-0.25, -0.2) is 0 Å². The molecule has 0 aromatic rings. The molecule has 0 saturated heterocycles. The smallest absolute Gasteiger partial charge is 0.0221 e. The molecule has 8 unspecified atom stereocenters. The van der Waals surface area contributed by atoms with E-state index in [4.69, 9.17) is 0 Å². The molecule has 0 nitrogen and oxygen atoms in total. The maximum Gasteiger partial charge on any atom is 0.0221 e. The molecule has 0 bridgehead atoms. The molecule has 4 saturated carbocycles. The van der Waals surface area contributed by atoms with Gasteiger partial charge >= 0.3 is 0 Å². The van der Waals surface area contributed by atoms with Crippen molar-refractivity contribution in [2.24, 2.45) is 40.4 Å². The molecule has 4 fully saturated rings. The van der Waals surface area contributed by atoms with Crippen LogP contribution in [0, 0.1) is 40.4 Å². The minimum atomic E-state index is 0.656. The van der Waals surface area contributed by atoms with Crippen molar-refractivity contribution in [3.63, 3.8) is 0 Å². The zero-order valence-corrected chi connectivity index (χ0v) is 18.5. The van der Waals surface area contributed by atoms with Crippen molar-refractivity contribution in [3.05, 3.63) is 12.7 Å². The molecule has 0 aliphatic heterocycles. The molecule has 0 N–H and O–H groups in total. The summed E-state index contributed by atoms with van der Waals surface area (Å²) < 4.78 is 0. The van der Waals surface area contributed by atoms with E-state index in [0.29, 0.717) is 16.1 Å². The Balaban J connectivity index is 1.48. The third kappa shape index (κ3) is 3.03. The predicted octanol–water partition coefficient (Wildman–Crippen LogP) is 7.73. The van der Waals surface area contributed by atoms with E-state index in [2.05, 4.69) is 32.8 Å². The van der Waals surface area contributed by atoms with Gasteiger partial charge in [0.25, 0.3) is 0 Å². The second-order valence-electron chi connectivity index (χ2n) is 10.8. The van der Waals surface area contributed by atoms with E-state index in [0.717, 1.165) is 29.6 Å². The molecule has 8 atom stereocenters. The van der Waals surface area contributed by atoms with Crippen molar-refractivity contribution in [1.29, 1.82) is 0 Å². The van der Waals surface area contributed by atoms with E-state index >= 15 is 0 Å². The molecule has 26 heavy (non-hydrogen) atoms. The van der Waals surface area contributed by atoms with Crippen molar-refractivity contribution in [1.82, 2.24) is 0 Å². The minimum absolute atomic E-state index is 0.656. The van der Waals surface area contributed by atoms with Gasteiger partial charge in [0.15, 0.2) is 0 Å². The Hall–Kier alpha value is 0.0900. The Kier molecular flexibility index (Phi) is 5.59. The molecule has 0 amide bonds. The molecule has 148 valence electrons. The van der Waals surface area contributed by atoms with Gasteiger partial charge in [0.2, 0.25) is 0 Å². The maximum atomic E-state index is 4.05. The van der Waals surface area contributed by atoms with Crippen LogP contribution < -0.4 is 0 Å². The van der Waals surface area contributed by atoms with E-state index in [1.165, 1.54) is 38.5 Å². The summed E-state index contributed by atoms with van der Waals surface area (Å²) in [6, 6.07) is 0. The summed E-state index contributed by atoms with van der Waals surface area (Å²) in [6.07, 6.45) is 22.6. The Morgan fingerprint density at radius 3 is 2.54 bits per heavy atom. The van der Waals surface area contributed by atoms with E-state index in [1.807, 2.05) is 11.8 Å². The fraction of sp³-hybridized carbons (Fsp3) is 0.920. The van der Waals surface area contributed by atoms with Crippen LogP contribution in [0.4, 0.5) is 0 Å². The number of hydrogen-bond acceptors (Lipinski definition) is 1. The first kappa shape index (κ1) is 19.4. The number of thioether (sulfide) groups is 1. The van der Waals surface area contributed by atoms with E-state index in [9.17, 15) is 0 Å².